The number of esters is 1. The monoisotopic (exact) mass is 316 g/mol. The van der Waals surface area contributed by atoms with Crippen molar-refractivity contribution in [2.75, 3.05) is 0 Å². The summed E-state index contributed by atoms with van der Waals surface area (Å²) in [5, 5.41) is 0. The van der Waals surface area contributed by atoms with E-state index in [1.165, 1.54) is 11.1 Å². The molecule has 2 rings (SSSR count). The zero-order valence-electron chi connectivity index (χ0n) is 14.8. The van der Waals surface area contributed by atoms with Crippen LogP contribution in [0, 0.1) is 5.92 Å². The van der Waals surface area contributed by atoms with Crippen LogP contribution in [0.3, 0.4) is 0 Å². The van der Waals surface area contributed by atoms with Gasteiger partial charge in [0.2, 0.25) is 0 Å². The van der Waals surface area contributed by atoms with Crippen LogP contribution in [0.2, 0.25) is 0 Å². The van der Waals surface area contributed by atoms with Crippen molar-refractivity contribution in [2.45, 2.75) is 71.8 Å². The number of fused-ring (bicyclic) bond motifs is 3. The first-order valence-electron chi connectivity index (χ1n) is 8.64. The zero-order valence-corrected chi connectivity index (χ0v) is 14.8. The van der Waals surface area contributed by atoms with Gasteiger partial charge in [-0.1, -0.05) is 43.2 Å². The summed E-state index contributed by atoms with van der Waals surface area (Å²) in [7, 11) is 0. The van der Waals surface area contributed by atoms with E-state index in [4.69, 9.17) is 4.74 Å². The van der Waals surface area contributed by atoms with E-state index in [-0.39, 0.29) is 11.8 Å². The third kappa shape index (κ3) is 4.43. The molecule has 3 heteroatoms. The Morgan fingerprint density at radius 1 is 1.09 bits per heavy atom. The number of allylic oxidation sites excluding steroid dienone is 5. The number of hydrogen-bond donors (Lipinski definition) is 0. The van der Waals surface area contributed by atoms with Crippen LogP contribution in [0.1, 0.15) is 66.2 Å². The topological polar surface area (TPSA) is 43.4 Å². The molecule has 3 nitrogen and oxygen atoms in total. The Bertz CT molecular complexity index is 578. The molecule has 0 unspecified atom stereocenters. The molecule has 0 amide bonds. The van der Waals surface area contributed by atoms with Gasteiger partial charge in [-0.2, -0.15) is 0 Å². The van der Waals surface area contributed by atoms with Crippen LogP contribution < -0.4 is 0 Å². The minimum absolute atomic E-state index is 0.0283. The number of ketones is 1. The maximum absolute atomic E-state index is 12.6. The summed E-state index contributed by atoms with van der Waals surface area (Å²) in [6.07, 6.45) is 10.2. The first-order chi connectivity index (χ1) is 10.8. The standard InChI is InChI=1S/C20H28O3/c1-14(2)16-9-7-15(3)8-12-18(21)20(4)13-5-6-17(11-10-16)19(22)23-20/h6-7,9,14H,5,8,10-13H2,1-4H3/b15-7-,16-9+/t20-/m0/s1. The van der Waals surface area contributed by atoms with Gasteiger partial charge >= 0.3 is 5.97 Å². The van der Waals surface area contributed by atoms with E-state index in [0.29, 0.717) is 37.2 Å². The Balaban J connectivity index is 2.34. The molecule has 0 aromatic heterocycles. The minimum atomic E-state index is -0.974. The average Bonchev–Trinajstić information content (AvgIpc) is 2.62. The third-order valence-electron chi connectivity index (χ3n) is 4.94. The highest BCUT2D eigenvalue weighted by Gasteiger charge is 2.38. The molecule has 0 fully saturated rings. The third-order valence-corrected chi connectivity index (χ3v) is 4.94. The summed E-state index contributed by atoms with van der Waals surface area (Å²) in [5.74, 6) is 0.157. The van der Waals surface area contributed by atoms with Crippen LogP contribution in [0.5, 0.6) is 0 Å². The Morgan fingerprint density at radius 2 is 1.83 bits per heavy atom. The van der Waals surface area contributed by atoms with Gasteiger partial charge in [0.05, 0.1) is 0 Å². The predicted molar refractivity (Wildman–Crippen MR) is 92.0 cm³/mol. The second-order valence-electron chi connectivity index (χ2n) is 7.22. The van der Waals surface area contributed by atoms with E-state index in [9.17, 15) is 9.59 Å². The fourth-order valence-electron chi connectivity index (χ4n) is 3.08. The molecule has 0 saturated heterocycles. The molecule has 0 aliphatic carbocycles. The van der Waals surface area contributed by atoms with Gasteiger partial charge < -0.3 is 4.74 Å². The smallest absolute Gasteiger partial charge is 0.334 e. The molecule has 2 aliphatic rings. The summed E-state index contributed by atoms with van der Waals surface area (Å²) in [6, 6.07) is 0. The zero-order chi connectivity index (χ0) is 17.0. The first kappa shape index (κ1) is 17.7. The normalized spacial score (nSPS) is 31.6. The van der Waals surface area contributed by atoms with Gasteiger partial charge in [0.25, 0.3) is 0 Å². The van der Waals surface area contributed by atoms with Gasteiger partial charge in [-0.05, 0) is 51.9 Å². The average molecular weight is 316 g/mol. The molecule has 23 heavy (non-hydrogen) atoms. The molecular weight excluding hydrogens is 288 g/mol. The molecule has 0 N–H and O–H groups in total. The van der Waals surface area contributed by atoms with Crippen LogP contribution in [0.15, 0.2) is 34.9 Å². The van der Waals surface area contributed by atoms with Crippen LogP contribution in [-0.4, -0.2) is 17.4 Å². The fourth-order valence-corrected chi connectivity index (χ4v) is 3.08. The van der Waals surface area contributed by atoms with Gasteiger partial charge in [0, 0.05) is 12.0 Å². The largest absolute Gasteiger partial charge is 0.448 e. The Hall–Kier alpha value is -1.64. The van der Waals surface area contributed by atoms with Crippen molar-refractivity contribution < 1.29 is 14.3 Å². The lowest BCUT2D eigenvalue weighted by Crippen LogP contribution is -2.39. The molecule has 1 atom stereocenters. The van der Waals surface area contributed by atoms with Crippen molar-refractivity contribution in [3.05, 3.63) is 34.9 Å². The van der Waals surface area contributed by atoms with Crippen molar-refractivity contribution >= 4 is 11.8 Å². The van der Waals surface area contributed by atoms with E-state index < -0.39 is 5.60 Å². The second-order valence-corrected chi connectivity index (χ2v) is 7.22. The molecule has 0 aromatic rings. The summed E-state index contributed by atoms with van der Waals surface area (Å²) in [5.41, 5.74) is 2.26. The fraction of sp³-hybridized carbons (Fsp3) is 0.600. The number of carbonyl (C=O) groups is 2. The maximum atomic E-state index is 12.6. The van der Waals surface area contributed by atoms with Crippen LogP contribution in [0.25, 0.3) is 0 Å². The van der Waals surface area contributed by atoms with E-state index >= 15 is 0 Å². The van der Waals surface area contributed by atoms with Crippen molar-refractivity contribution in [2.24, 2.45) is 5.92 Å². The molecular formula is C20H28O3. The predicted octanol–water partition coefficient (Wildman–Crippen LogP) is 4.68. The second kappa shape index (κ2) is 7.29. The van der Waals surface area contributed by atoms with Crippen LogP contribution in [0.4, 0.5) is 0 Å². The van der Waals surface area contributed by atoms with Crippen molar-refractivity contribution in [3.8, 4) is 0 Å². The van der Waals surface area contributed by atoms with E-state index in [1.54, 1.807) is 6.92 Å². The number of hydrogen-bond acceptors (Lipinski definition) is 3. The number of Topliss-reactive ketones (excluding diaryl/α,β-unsaturated/α-hetero) is 1. The Labute approximate surface area is 139 Å². The van der Waals surface area contributed by atoms with Crippen molar-refractivity contribution in [3.63, 3.8) is 0 Å². The molecule has 2 bridgehead atoms. The van der Waals surface area contributed by atoms with Crippen LogP contribution in [-0.2, 0) is 14.3 Å². The van der Waals surface area contributed by atoms with Gasteiger partial charge in [0.15, 0.2) is 11.4 Å². The summed E-state index contributed by atoms with van der Waals surface area (Å²) >= 11 is 0. The Morgan fingerprint density at radius 3 is 2.52 bits per heavy atom. The molecule has 0 radical (unpaired) electrons. The molecule has 2 aliphatic heterocycles. The van der Waals surface area contributed by atoms with Crippen LogP contribution >= 0.6 is 0 Å². The molecule has 0 saturated carbocycles. The van der Waals surface area contributed by atoms with Crippen molar-refractivity contribution in [1.82, 2.24) is 0 Å². The van der Waals surface area contributed by atoms with E-state index in [0.717, 1.165) is 12.8 Å². The lowest BCUT2D eigenvalue weighted by atomic mass is 9.90. The number of rotatable bonds is 1. The summed E-state index contributed by atoms with van der Waals surface area (Å²) in [4.78, 5) is 25.0. The lowest BCUT2D eigenvalue weighted by molar-refractivity contribution is -0.162. The summed E-state index contributed by atoms with van der Waals surface area (Å²) < 4.78 is 5.62. The SMILES string of the molecule is C/C1=C/C=C(/C(C)C)CCC2=CCC[C@](C)(OC2=O)C(=O)CC1. The lowest BCUT2D eigenvalue weighted by Gasteiger charge is -2.26. The molecule has 2 heterocycles. The minimum Gasteiger partial charge on any atom is -0.448 e. The quantitative estimate of drug-likeness (QED) is 0.660. The highest BCUT2D eigenvalue weighted by atomic mass is 16.6. The van der Waals surface area contributed by atoms with Gasteiger partial charge in [0.1, 0.15) is 0 Å². The maximum Gasteiger partial charge on any atom is 0.334 e. The summed E-state index contributed by atoms with van der Waals surface area (Å²) in [6.45, 7) is 8.17. The van der Waals surface area contributed by atoms with E-state index in [1.807, 2.05) is 6.08 Å². The molecule has 0 spiro atoms. The first-order valence-corrected chi connectivity index (χ1v) is 8.64. The Kier molecular flexibility index (Phi) is 5.61. The van der Waals surface area contributed by atoms with Gasteiger partial charge in [-0.25, -0.2) is 4.79 Å². The highest BCUT2D eigenvalue weighted by Crippen LogP contribution is 2.30. The highest BCUT2D eigenvalue weighted by molar-refractivity contribution is 5.94. The molecule has 126 valence electrons. The van der Waals surface area contributed by atoms with Gasteiger partial charge in [-0.15, -0.1) is 0 Å². The van der Waals surface area contributed by atoms with Gasteiger partial charge in [-0.3, -0.25) is 4.79 Å². The van der Waals surface area contributed by atoms with E-state index in [2.05, 4.69) is 32.9 Å². The number of carbonyl (C=O) groups excluding carboxylic acids is 2. The molecule has 0 aromatic carbocycles. The number of ether oxygens (including phenoxy) is 1. The van der Waals surface area contributed by atoms with Crippen molar-refractivity contribution in [1.29, 1.82) is 0 Å².